The number of hydrogen-bond acceptors (Lipinski definition) is 6. The summed E-state index contributed by atoms with van der Waals surface area (Å²) >= 11 is 3.67. The van der Waals surface area contributed by atoms with E-state index >= 15 is 0 Å². The average molecular weight is 298 g/mol. The Morgan fingerprint density at radius 1 is 1.37 bits per heavy atom. The topological polar surface area (TPSA) is 59.2 Å². The van der Waals surface area contributed by atoms with E-state index in [0.717, 1.165) is 23.3 Å². The van der Waals surface area contributed by atoms with Crippen LogP contribution in [0.25, 0.3) is 11.5 Å². The van der Waals surface area contributed by atoms with E-state index < -0.39 is 5.82 Å². The first-order valence-electron chi connectivity index (χ1n) is 5.76. The molecule has 1 unspecified atom stereocenters. The van der Waals surface area contributed by atoms with Crippen molar-refractivity contribution >= 4 is 23.5 Å². The highest BCUT2D eigenvalue weighted by Crippen LogP contribution is 2.36. The molecule has 0 spiro atoms. The Bertz CT molecular complexity index is 585. The Kier molecular flexibility index (Phi) is 3.65. The number of nitrogens with zero attached hydrogens (tertiary/aromatic N) is 2. The normalized spacial score (nSPS) is 19.5. The van der Waals surface area contributed by atoms with Crippen molar-refractivity contribution in [3.63, 3.8) is 0 Å². The Hall–Kier alpha value is -1.21. The Labute approximate surface area is 117 Å². The maximum absolute atomic E-state index is 12.9. The van der Waals surface area contributed by atoms with Gasteiger partial charge in [0.15, 0.2) is 5.82 Å². The van der Waals surface area contributed by atoms with Crippen molar-refractivity contribution in [1.82, 2.24) is 10.1 Å². The minimum absolute atomic E-state index is 0.194. The molecule has 1 saturated heterocycles. The Morgan fingerprint density at radius 2 is 2.26 bits per heavy atom. The lowest BCUT2D eigenvalue weighted by molar-refractivity contribution is 0.417. The summed E-state index contributed by atoms with van der Waals surface area (Å²) in [6.45, 7) is 0. The number of rotatable bonds is 2. The van der Waals surface area contributed by atoms with Gasteiger partial charge in [0.1, 0.15) is 11.6 Å². The zero-order valence-electron chi connectivity index (χ0n) is 9.88. The van der Waals surface area contributed by atoms with E-state index in [9.17, 15) is 9.50 Å². The van der Waals surface area contributed by atoms with E-state index in [0.29, 0.717) is 11.4 Å². The molecular formula is C12H11FN2O2S2. The molecule has 100 valence electrons. The molecule has 1 aromatic carbocycles. The molecule has 7 heteroatoms. The number of aromatic nitrogens is 2. The summed E-state index contributed by atoms with van der Waals surface area (Å²) in [5.41, 5.74) is 0.355. The molecule has 19 heavy (non-hydrogen) atoms. The summed E-state index contributed by atoms with van der Waals surface area (Å²) < 4.78 is 18.1. The molecule has 1 aliphatic heterocycles. The number of benzene rings is 1. The number of phenols is 1. The van der Waals surface area contributed by atoms with Gasteiger partial charge in [0.25, 0.3) is 5.89 Å². The van der Waals surface area contributed by atoms with Crippen molar-refractivity contribution in [1.29, 1.82) is 0 Å². The van der Waals surface area contributed by atoms with Crippen LogP contribution in [0.1, 0.15) is 11.1 Å². The molecule has 0 saturated carbocycles. The van der Waals surface area contributed by atoms with Crippen LogP contribution in [0.5, 0.6) is 5.75 Å². The van der Waals surface area contributed by atoms with E-state index in [2.05, 4.69) is 10.1 Å². The van der Waals surface area contributed by atoms with Gasteiger partial charge < -0.3 is 9.63 Å². The first-order valence-corrected chi connectivity index (χ1v) is 7.96. The predicted octanol–water partition coefficient (Wildman–Crippen LogP) is 3.10. The van der Waals surface area contributed by atoms with Crippen LogP contribution in [0.2, 0.25) is 0 Å². The second kappa shape index (κ2) is 5.42. The van der Waals surface area contributed by atoms with Crippen molar-refractivity contribution in [3.8, 4) is 17.2 Å². The van der Waals surface area contributed by atoms with Gasteiger partial charge in [-0.3, -0.25) is 0 Å². The summed E-state index contributed by atoms with van der Waals surface area (Å²) in [7, 11) is 0. The smallest absolute Gasteiger partial charge is 0.261 e. The van der Waals surface area contributed by atoms with Crippen molar-refractivity contribution in [3.05, 3.63) is 29.8 Å². The maximum Gasteiger partial charge on any atom is 0.261 e. The fourth-order valence-electron chi connectivity index (χ4n) is 1.80. The van der Waals surface area contributed by atoms with Gasteiger partial charge in [0.2, 0.25) is 0 Å². The molecule has 1 atom stereocenters. The lowest BCUT2D eigenvalue weighted by Crippen LogP contribution is -2.07. The summed E-state index contributed by atoms with van der Waals surface area (Å²) in [6.07, 6.45) is 0. The van der Waals surface area contributed by atoms with Crippen LogP contribution in [-0.2, 0) is 0 Å². The van der Waals surface area contributed by atoms with Gasteiger partial charge in [-0.05, 0) is 12.1 Å². The zero-order chi connectivity index (χ0) is 13.2. The van der Waals surface area contributed by atoms with E-state index in [1.165, 1.54) is 12.1 Å². The maximum atomic E-state index is 12.9. The highest BCUT2D eigenvalue weighted by atomic mass is 32.2. The van der Waals surface area contributed by atoms with E-state index in [4.69, 9.17) is 4.52 Å². The number of aromatic hydroxyl groups is 1. The molecule has 3 rings (SSSR count). The third-order valence-corrected chi connectivity index (χ3v) is 5.49. The molecule has 2 aromatic rings. The SMILES string of the molecule is Oc1cc(F)ccc1-c1nc(C2CSCCS2)no1. The van der Waals surface area contributed by atoms with Gasteiger partial charge >= 0.3 is 0 Å². The molecule has 4 nitrogen and oxygen atoms in total. The summed E-state index contributed by atoms with van der Waals surface area (Å²) in [5.74, 6) is 3.34. The van der Waals surface area contributed by atoms with Crippen molar-refractivity contribution < 1.29 is 14.0 Å². The molecular weight excluding hydrogens is 287 g/mol. The molecule has 0 radical (unpaired) electrons. The molecule has 2 heterocycles. The number of phenolic OH excluding ortho intramolecular Hbond substituents is 1. The van der Waals surface area contributed by atoms with Crippen LogP contribution in [0.15, 0.2) is 22.7 Å². The van der Waals surface area contributed by atoms with E-state index in [1.807, 2.05) is 11.8 Å². The number of halogens is 1. The van der Waals surface area contributed by atoms with E-state index in [1.54, 1.807) is 11.8 Å². The van der Waals surface area contributed by atoms with Crippen LogP contribution < -0.4 is 0 Å². The van der Waals surface area contributed by atoms with Gasteiger partial charge in [-0.15, -0.1) is 11.8 Å². The first kappa shape index (κ1) is 12.8. The zero-order valence-corrected chi connectivity index (χ0v) is 11.5. The largest absolute Gasteiger partial charge is 0.507 e. The predicted molar refractivity (Wildman–Crippen MR) is 73.9 cm³/mol. The van der Waals surface area contributed by atoms with Crippen molar-refractivity contribution in [2.45, 2.75) is 5.25 Å². The quantitative estimate of drug-likeness (QED) is 0.919. The van der Waals surface area contributed by atoms with E-state index in [-0.39, 0.29) is 16.9 Å². The second-order valence-corrected chi connectivity index (χ2v) is 6.51. The van der Waals surface area contributed by atoms with Crippen molar-refractivity contribution in [2.24, 2.45) is 0 Å². The summed E-state index contributed by atoms with van der Waals surface area (Å²) in [6, 6.07) is 3.72. The molecule has 0 bridgehead atoms. The number of hydrogen-bond donors (Lipinski definition) is 1. The average Bonchev–Trinajstić information content (AvgIpc) is 2.89. The second-order valence-electron chi connectivity index (χ2n) is 4.05. The summed E-state index contributed by atoms with van der Waals surface area (Å²) in [4.78, 5) is 4.30. The number of thioether (sulfide) groups is 2. The minimum Gasteiger partial charge on any atom is -0.507 e. The highest BCUT2D eigenvalue weighted by Gasteiger charge is 2.23. The molecule has 1 fully saturated rings. The Morgan fingerprint density at radius 3 is 3.00 bits per heavy atom. The van der Waals surface area contributed by atoms with Crippen LogP contribution in [0.4, 0.5) is 4.39 Å². The molecule has 1 aromatic heterocycles. The molecule has 1 N–H and O–H groups in total. The third kappa shape index (κ3) is 2.71. The standard InChI is InChI=1S/C12H11FN2O2S2/c13-7-1-2-8(9(16)5-7)12-14-11(15-17-12)10-6-18-3-4-19-10/h1-2,5,10,16H,3-4,6H2. The van der Waals surface area contributed by atoms with Crippen LogP contribution in [0.3, 0.4) is 0 Å². The highest BCUT2D eigenvalue weighted by molar-refractivity contribution is 8.06. The lowest BCUT2D eigenvalue weighted by Gasteiger charge is -2.16. The molecule has 1 aliphatic rings. The van der Waals surface area contributed by atoms with Gasteiger partial charge in [-0.2, -0.15) is 16.7 Å². The van der Waals surface area contributed by atoms with Crippen LogP contribution in [0, 0.1) is 5.82 Å². The fourth-order valence-corrected chi connectivity index (χ4v) is 4.39. The van der Waals surface area contributed by atoms with Gasteiger partial charge in [-0.1, -0.05) is 5.16 Å². The van der Waals surface area contributed by atoms with Gasteiger partial charge in [0.05, 0.1) is 10.8 Å². The van der Waals surface area contributed by atoms with Gasteiger partial charge in [-0.25, -0.2) is 4.39 Å². The first-order chi connectivity index (χ1) is 9.24. The van der Waals surface area contributed by atoms with Crippen LogP contribution >= 0.6 is 23.5 Å². The van der Waals surface area contributed by atoms with Gasteiger partial charge in [0, 0.05) is 23.3 Å². The Balaban J connectivity index is 1.87. The minimum atomic E-state index is -0.500. The fraction of sp³-hybridized carbons (Fsp3) is 0.333. The van der Waals surface area contributed by atoms with Crippen molar-refractivity contribution in [2.75, 3.05) is 17.3 Å². The monoisotopic (exact) mass is 298 g/mol. The molecule has 0 amide bonds. The third-order valence-electron chi connectivity index (χ3n) is 2.74. The summed E-state index contributed by atoms with van der Waals surface area (Å²) in [5, 5.41) is 13.9. The molecule has 0 aliphatic carbocycles. The van der Waals surface area contributed by atoms with Crippen LogP contribution in [-0.4, -0.2) is 32.5 Å². The lowest BCUT2D eigenvalue weighted by atomic mass is 10.2.